The highest BCUT2D eigenvalue weighted by Gasteiger charge is 2.37. The van der Waals surface area contributed by atoms with Gasteiger partial charge in [-0.3, -0.25) is 19.8 Å². The molecule has 0 radical (unpaired) electrons. The molecule has 1 atom stereocenters. The lowest BCUT2D eigenvalue weighted by atomic mass is 10.1. The van der Waals surface area contributed by atoms with Crippen LogP contribution in [0.1, 0.15) is 21.3 Å². The second kappa shape index (κ2) is 6.32. The lowest BCUT2D eigenvalue weighted by Gasteiger charge is -2.24. The number of carbonyl (C=O) groups is 2. The van der Waals surface area contributed by atoms with Crippen LogP contribution >= 0.6 is 11.8 Å². The van der Waals surface area contributed by atoms with Gasteiger partial charge in [0.05, 0.1) is 22.2 Å². The Kier molecular flexibility index (Phi) is 4.22. The first-order valence-electron chi connectivity index (χ1n) is 6.97. The molecule has 2 aromatic rings. The highest BCUT2D eigenvalue weighted by molar-refractivity contribution is 8.00. The number of benzene rings is 2. The average Bonchev–Trinajstić information content (AvgIpc) is 2.96. The minimum Gasteiger partial charge on any atom is -0.545 e. The van der Waals surface area contributed by atoms with E-state index in [0.29, 0.717) is 11.3 Å². The van der Waals surface area contributed by atoms with Gasteiger partial charge in [0.15, 0.2) is 0 Å². The average molecular weight is 343 g/mol. The van der Waals surface area contributed by atoms with Crippen LogP contribution in [0.4, 0.5) is 11.4 Å². The zero-order chi connectivity index (χ0) is 17.3. The number of hydrogen-bond acceptors (Lipinski definition) is 6. The summed E-state index contributed by atoms with van der Waals surface area (Å²) in [5, 5.41) is 21.7. The highest BCUT2D eigenvalue weighted by Crippen LogP contribution is 2.44. The van der Waals surface area contributed by atoms with Crippen molar-refractivity contribution < 1.29 is 19.6 Å². The van der Waals surface area contributed by atoms with E-state index in [1.54, 1.807) is 24.3 Å². The van der Waals surface area contributed by atoms with Crippen molar-refractivity contribution in [2.24, 2.45) is 0 Å². The Hall–Kier alpha value is -2.87. The van der Waals surface area contributed by atoms with Crippen LogP contribution in [0.3, 0.4) is 0 Å². The Morgan fingerprint density at radius 3 is 2.67 bits per heavy atom. The molecule has 0 bridgehead atoms. The number of rotatable bonds is 4. The summed E-state index contributed by atoms with van der Waals surface area (Å²) in [5.41, 5.74) is 0.635. The van der Waals surface area contributed by atoms with E-state index in [-0.39, 0.29) is 22.9 Å². The maximum Gasteiger partial charge on any atom is 0.275 e. The molecule has 122 valence electrons. The van der Waals surface area contributed by atoms with E-state index in [1.165, 1.54) is 40.9 Å². The Bertz CT molecular complexity index is 839. The molecule has 0 N–H and O–H groups in total. The van der Waals surface area contributed by atoms with Gasteiger partial charge >= 0.3 is 0 Å². The van der Waals surface area contributed by atoms with Crippen LogP contribution in [0.25, 0.3) is 0 Å². The number of anilines is 1. The van der Waals surface area contributed by atoms with Crippen molar-refractivity contribution in [3.05, 3.63) is 69.8 Å². The summed E-state index contributed by atoms with van der Waals surface area (Å²) in [4.78, 5) is 35.5. The van der Waals surface area contributed by atoms with Crippen molar-refractivity contribution in [3.63, 3.8) is 0 Å². The number of aromatic carboxylic acids is 1. The molecule has 1 aliphatic heterocycles. The summed E-state index contributed by atoms with van der Waals surface area (Å²) >= 11 is 1.26. The molecule has 3 rings (SSSR count). The monoisotopic (exact) mass is 343 g/mol. The van der Waals surface area contributed by atoms with E-state index < -0.39 is 16.3 Å². The number of carboxylic acid groups (broad SMARTS) is 1. The zero-order valence-corrected chi connectivity index (χ0v) is 13.1. The number of nitro benzene ring substituents is 1. The quantitative estimate of drug-likeness (QED) is 0.619. The predicted octanol–water partition coefficient (Wildman–Crippen LogP) is 1.74. The standard InChI is InChI=1S/C16H12N2O5S/c19-14-9-24-15(12-6-1-2-7-13(12)18(22)23)17(14)11-5-3-4-10(8-11)16(20)21/h1-8,15H,9H2,(H,20,21)/p-1. The van der Waals surface area contributed by atoms with Gasteiger partial charge in [0.2, 0.25) is 5.91 Å². The molecule has 2 aromatic carbocycles. The Morgan fingerprint density at radius 2 is 1.96 bits per heavy atom. The normalized spacial score (nSPS) is 17.1. The zero-order valence-electron chi connectivity index (χ0n) is 12.2. The van der Waals surface area contributed by atoms with Crippen LogP contribution in [0.5, 0.6) is 0 Å². The fraction of sp³-hybridized carbons (Fsp3) is 0.125. The number of thioether (sulfide) groups is 1. The van der Waals surface area contributed by atoms with Crippen LogP contribution in [0, 0.1) is 10.1 Å². The minimum absolute atomic E-state index is 0.0569. The summed E-state index contributed by atoms with van der Waals surface area (Å²) in [6.07, 6.45) is 0. The summed E-state index contributed by atoms with van der Waals surface area (Å²) in [6.45, 7) is 0. The van der Waals surface area contributed by atoms with Gasteiger partial charge in [-0.1, -0.05) is 24.3 Å². The molecule has 0 aliphatic carbocycles. The molecule has 0 aromatic heterocycles. The number of amides is 1. The molecule has 7 nitrogen and oxygen atoms in total. The number of hydrogen-bond donors (Lipinski definition) is 0. The molecular weight excluding hydrogens is 332 g/mol. The van der Waals surface area contributed by atoms with E-state index >= 15 is 0 Å². The third-order valence-corrected chi connectivity index (χ3v) is 4.82. The van der Waals surface area contributed by atoms with Crippen molar-refractivity contribution in [2.75, 3.05) is 10.7 Å². The number of carbonyl (C=O) groups excluding carboxylic acids is 2. The van der Waals surface area contributed by atoms with Gasteiger partial charge < -0.3 is 9.90 Å². The van der Waals surface area contributed by atoms with Crippen LogP contribution in [-0.4, -0.2) is 22.6 Å². The molecule has 0 saturated carbocycles. The van der Waals surface area contributed by atoms with Crippen LogP contribution < -0.4 is 10.0 Å². The van der Waals surface area contributed by atoms with Gasteiger partial charge in [-0.05, 0) is 23.8 Å². The SMILES string of the molecule is O=C([O-])c1cccc(N2C(=O)CSC2c2ccccc2[N+](=O)[O-])c1. The topological polar surface area (TPSA) is 104 Å². The van der Waals surface area contributed by atoms with Crippen molar-refractivity contribution in [1.29, 1.82) is 0 Å². The number of nitro groups is 1. The fourth-order valence-corrected chi connectivity index (χ4v) is 3.79. The maximum atomic E-state index is 12.3. The minimum atomic E-state index is -1.35. The largest absolute Gasteiger partial charge is 0.545 e. The van der Waals surface area contributed by atoms with E-state index in [1.807, 2.05) is 0 Å². The van der Waals surface area contributed by atoms with E-state index in [9.17, 15) is 24.8 Å². The molecule has 0 spiro atoms. The third-order valence-electron chi connectivity index (χ3n) is 3.63. The molecule has 24 heavy (non-hydrogen) atoms. The number of nitrogens with zero attached hydrogens (tertiary/aromatic N) is 2. The van der Waals surface area contributed by atoms with Gasteiger partial charge in [0.25, 0.3) is 5.69 Å². The van der Waals surface area contributed by atoms with Crippen molar-refractivity contribution in [1.82, 2.24) is 0 Å². The summed E-state index contributed by atoms with van der Waals surface area (Å²) in [5.74, 6) is -1.43. The predicted molar refractivity (Wildman–Crippen MR) is 86.6 cm³/mol. The molecule has 1 aliphatic rings. The van der Waals surface area contributed by atoms with Crippen molar-refractivity contribution >= 4 is 35.0 Å². The van der Waals surface area contributed by atoms with Gasteiger partial charge in [-0.2, -0.15) is 0 Å². The third kappa shape index (κ3) is 2.83. The number of para-hydroxylation sites is 1. The first-order valence-corrected chi connectivity index (χ1v) is 8.02. The number of carboxylic acids is 1. The van der Waals surface area contributed by atoms with Crippen molar-refractivity contribution in [2.45, 2.75) is 5.37 Å². The molecule has 1 unspecified atom stereocenters. The smallest absolute Gasteiger partial charge is 0.275 e. The summed E-state index contributed by atoms with van der Waals surface area (Å²) in [7, 11) is 0. The van der Waals surface area contributed by atoms with E-state index in [4.69, 9.17) is 0 Å². The molecule has 1 heterocycles. The molecule has 1 fully saturated rings. The van der Waals surface area contributed by atoms with Gasteiger partial charge in [-0.25, -0.2) is 0 Å². The van der Waals surface area contributed by atoms with Gasteiger partial charge in [0.1, 0.15) is 5.37 Å². The molecule has 1 amide bonds. The van der Waals surface area contributed by atoms with E-state index in [0.717, 1.165) is 0 Å². The Morgan fingerprint density at radius 1 is 1.21 bits per heavy atom. The first-order chi connectivity index (χ1) is 11.5. The molecule has 1 saturated heterocycles. The van der Waals surface area contributed by atoms with E-state index in [2.05, 4.69) is 0 Å². The van der Waals surface area contributed by atoms with Gasteiger partial charge in [-0.15, -0.1) is 11.8 Å². The Balaban J connectivity index is 2.07. The van der Waals surface area contributed by atoms with Crippen LogP contribution in [0.2, 0.25) is 0 Å². The van der Waals surface area contributed by atoms with Crippen LogP contribution in [-0.2, 0) is 4.79 Å². The lowest BCUT2D eigenvalue weighted by Crippen LogP contribution is -2.29. The summed E-state index contributed by atoms with van der Waals surface area (Å²) in [6, 6.07) is 12.0. The van der Waals surface area contributed by atoms with Gasteiger partial charge in [0, 0.05) is 11.8 Å². The molecular formula is C16H11N2O5S-. The van der Waals surface area contributed by atoms with Crippen molar-refractivity contribution in [3.8, 4) is 0 Å². The second-order valence-corrected chi connectivity index (χ2v) is 6.15. The Labute approximate surface area is 141 Å². The lowest BCUT2D eigenvalue weighted by molar-refractivity contribution is -0.385. The van der Waals surface area contributed by atoms with Crippen LogP contribution in [0.15, 0.2) is 48.5 Å². The maximum absolute atomic E-state index is 12.3. The summed E-state index contributed by atoms with van der Waals surface area (Å²) < 4.78 is 0. The second-order valence-electron chi connectivity index (χ2n) is 5.08. The first kappa shape index (κ1) is 16.0. The molecule has 8 heteroatoms. The fourth-order valence-electron chi connectivity index (χ4n) is 2.58. The highest BCUT2D eigenvalue weighted by atomic mass is 32.2.